The number of nitrogens with zero attached hydrogens (tertiary/aromatic N) is 1. The highest BCUT2D eigenvalue weighted by molar-refractivity contribution is 7.18. The van der Waals surface area contributed by atoms with E-state index in [0.29, 0.717) is 10.5 Å². The van der Waals surface area contributed by atoms with Gasteiger partial charge in [-0.3, -0.25) is 9.59 Å². The molecule has 9 heteroatoms. The molecule has 0 amide bonds. The van der Waals surface area contributed by atoms with Gasteiger partial charge in [0.25, 0.3) is 0 Å². The van der Waals surface area contributed by atoms with Gasteiger partial charge >= 0.3 is 18.1 Å². The van der Waals surface area contributed by atoms with Gasteiger partial charge in [0.2, 0.25) is 0 Å². The molecule has 0 saturated heterocycles. The van der Waals surface area contributed by atoms with Gasteiger partial charge in [0.15, 0.2) is 0 Å². The van der Waals surface area contributed by atoms with Crippen LogP contribution in [0.3, 0.4) is 0 Å². The number of halogens is 3. The molecule has 0 bridgehead atoms. The maximum absolute atomic E-state index is 12.6. The third-order valence-corrected chi connectivity index (χ3v) is 3.99. The van der Waals surface area contributed by atoms with Crippen LogP contribution in [0.2, 0.25) is 0 Å². The summed E-state index contributed by atoms with van der Waals surface area (Å²) in [6, 6.07) is 3.06. The number of hydrogen-bond acceptors (Lipinski definition) is 4. The highest BCUT2D eigenvalue weighted by atomic mass is 32.1. The van der Waals surface area contributed by atoms with E-state index in [1.165, 1.54) is 6.07 Å². The number of aliphatic carboxylic acids is 2. The quantitative estimate of drug-likeness (QED) is 0.878. The van der Waals surface area contributed by atoms with Gasteiger partial charge in [0, 0.05) is 6.42 Å². The second kappa shape index (κ2) is 5.91. The van der Waals surface area contributed by atoms with Crippen LogP contribution in [-0.2, 0) is 22.2 Å². The van der Waals surface area contributed by atoms with Crippen molar-refractivity contribution < 1.29 is 33.0 Å². The number of alkyl halides is 3. The van der Waals surface area contributed by atoms with Crippen molar-refractivity contribution in [2.75, 3.05) is 0 Å². The fraction of sp³-hybridized carbons (Fsp3) is 0.308. The zero-order chi connectivity index (χ0) is 16.5. The van der Waals surface area contributed by atoms with Gasteiger partial charge < -0.3 is 10.2 Å². The van der Waals surface area contributed by atoms with E-state index in [9.17, 15) is 22.8 Å². The highest BCUT2D eigenvalue weighted by Crippen LogP contribution is 2.33. The maximum atomic E-state index is 12.6. The predicted octanol–water partition coefficient (Wildman–Crippen LogP) is 3.03. The first-order valence-electron chi connectivity index (χ1n) is 6.08. The molecule has 2 N–H and O–H groups in total. The van der Waals surface area contributed by atoms with Crippen LogP contribution < -0.4 is 0 Å². The molecule has 0 aliphatic heterocycles. The fourth-order valence-electron chi connectivity index (χ4n) is 1.90. The van der Waals surface area contributed by atoms with E-state index in [0.717, 1.165) is 23.5 Å². The standard InChI is InChI=1S/C13H10F3NO4S/c14-13(15,16)7-1-2-8-9(5-7)22-10(17-8)3-6(12(20)21)4-11(18)19/h1-2,5-6H,3-4H2,(H,18,19)(H,20,21). The maximum Gasteiger partial charge on any atom is 0.416 e. The molecule has 22 heavy (non-hydrogen) atoms. The molecule has 2 aromatic rings. The minimum absolute atomic E-state index is 0.137. The molecule has 1 unspecified atom stereocenters. The molecule has 0 aliphatic rings. The van der Waals surface area contributed by atoms with Crippen LogP contribution in [-0.4, -0.2) is 27.1 Å². The summed E-state index contributed by atoms with van der Waals surface area (Å²) in [6.45, 7) is 0. The van der Waals surface area contributed by atoms with Gasteiger partial charge in [-0.25, -0.2) is 4.98 Å². The van der Waals surface area contributed by atoms with Crippen LogP contribution in [0.5, 0.6) is 0 Å². The third-order valence-electron chi connectivity index (χ3n) is 2.95. The fourth-order valence-corrected chi connectivity index (χ4v) is 2.99. The Kier molecular flexibility index (Phi) is 4.36. The van der Waals surface area contributed by atoms with Gasteiger partial charge in [0.05, 0.1) is 33.1 Å². The van der Waals surface area contributed by atoms with Gasteiger partial charge in [0.1, 0.15) is 0 Å². The summed E-state index contributed by atoms with van der Waals surface area (Å²) in [6.07, 6.45) is -5.17. The summed E-state index contributed by atoms with van der Waals surface area (Å²) in [4.78, 5) is 25.7. The van der Waals surface area contributed by atoms with Crippen molar-refractivity contribution in [2.24, 2.45) is 5.92 Å². The van der Waals surface area contributed by atoms with Crippen molar-refractivity contribution in [1.82, 2.24) is 4.98 Å². The van der Waals surface area contributed by atoms with E-state index in [1.54, 1.807) is 0 Å². The second-order valence-corrected chi connectivity index (χ2v) is 5.74. The second-order valence-electron chi connectivity index (χ2n) is 4.63. The van der Waals surface area contributed by atoms with Crippen molar-refractivity contribution in [3.8, 4) is 0 Å². The number of carboxylic acids is 2. The average molecular weight is 333 g/mol. The molecule has 1 atom stereocenters. The van der Waals surface area contributed by atoms with E-state index in [1.807, 2.05) is 0 Å². The van der Waals surface area contributed by atoms with Gasteiger partial charge in [-0.2, -0.15) is 13.2 Å². The number of carboxylic acid groups (broad SMARTS) is 2. The number of carbonyl (C=O) groups is 2. The number of thiazole rings is 1. The summed E-state index contributed by atoms with van der Waals surface area (Å²) in [5, 5.41) is 17.9. The smallest absolute Gasteiger partial charge is 0.416 e. The van der Waals surface area contributed by atoms with Crippen LogP contribution in [0, 0.1) is 5.92 Å². The molecule has 0 saturated carbocycles. The molecule has 1 aromatic heterocycles. The number of aromatic nitrogens is 1. The minimum Gasteiger partial charge on any atom is -0.481 e. The van der Waals surface area contributed by atoms with E-state index in [2.05, 4.69) is 4.98 Å². The molecule has 5 nitrogen and oxygen atoms in total. The molecule has 1 aromatic carbocycles. The zero-order valence-corrected chi connectivity index (χ0v) is 11.7. The number of benzene rings is 1. The number of fused-ring (bicyclic) bond motifs is 1. The predicted molar refractivity (Wildman–Crippen MR) is 71.7 cm³/mol. The van der Waals surface area contributed by atoms with Crippen LogP contribution in [0.4, 0.5) is 13.2 Å². The van der Waals surface area contributed by atoms with Crippen molar-refractivity contribution in [3.05, 3.63) is 28.8 Å². The summed E-state index contributed by atoms with van der Waals surface area (Å²) >= 11 is 0.933. The van der Waals surface area contributed by atoms with Crippen LogP contribution >= 0.6 is 11.3 Å². The Morgan fingerprint density at radius 1 is 1.27 bits per heavy atom. The zero-order valence-electron chi connectivity index (χ0n) is 10.9. The first kappa shape index (κ1) is 16.2. The Hall–Kier alpha value is -2.16. The normalized spacial score (nSPS) is 13.2. The molecule has 1 heterocycles. The van der Waals surface area contributed by atoms with Gasteiger partial charge in [-0.1, -0.05) is 0 Å². The Labute approximate surface area is 126 Å². The molecule has 0 spiro atoms. The summed E-state index contributed by atoms with van der Waals surface area (Å²) in [5.74, 6) is -3.70. The lowest BCUT2D eigenvalue weighted by Gasteiger charge is -2.06. The lowest BCUT2D eigenvalue weighted by atomic mass is 10.0. The van der Waals surface area contributed by atoms with Crippen LogP contribution in [0.1, 0.15) is 17.0 Å². The summed E-state index contributed by atoms with van der Waals surface area (Å²) in [5.41, 5.74) is -0.483. The summed E-state index contributed by atoms with van der Waals surface area (Å²) < 4.78 is 38.2. The molecule has 0 fully saturated rings. The highest BCUT2D eigenvalue weighted by Gasteiger charge is 2.31. The largest absolute Gasteiger partial charge is 0.481 e. The molecule has 118 valence electrons. The first-order valence-corrected chi connectivity index (χ1v) is 6.89. The SMILES string of the molecule is O=C(O)CC(Cc1nc2ccc(C(F)(F)F)cc2s1)C(=O)O. The van der Waals surface area contributed by atoms with E-state index in [-0.39, 0.29) is 11.1 Å². The Bertz CT molecular complexity index is 726. The molecular formula is C13H10F3NO4S. The number of rotatable bonds is 5. The van der Waals surface area contributed by atoms with Crippen LogP contribution in [0.15, 0.2) is 18.2 Å². The molecule has 0 radical (unpaired) electrons. The topological polar surface area (TPSA) is 87.5 Å². The van der Waals surface area contributed by atoms with Crippen molar-refractivity contribution in [1.29, 1.82) is 0 Å². The van der Waals surface area contributed by atoms with Gasteiger partial charge in [-0.15, -0.1) is 11.3 Å². The first-order chi connectivity index (χ1) is 10.2. The van der Waals surface area contributed by atoms with Crippen LogP contribution in [0.25, 0.3) is 10.2 Å². The van der Waals surface area contributed by atoms with Crippen molar-refractivity contribution in [3.63, 3.8) is 0 Å². The molecular weight excluding hydrogens is 323 g/mol. The number of hydrogen-bond donors (Lipinski definition) is 2. The Balaban J connectivity index is 2.29. The van der Waals surface area contributed by atoms with E-state index < -0.39 is 36.0 Å². The lowest BCUT2D eigenvalue weighted by molar-refractivity contribution is -0.148. The van der Waals surface area contributed by atoms with Gasteiger partial charge in [-0.05, 0) is 18.2 Å². The van der Waals surface area contributed by atoms with Crippen molar-refractivity contribution in [2.45, 2.75) is 19.0 Å². The van der Waals surface area contributed by atoms with E-state index in [4.69, 9.17) is 10.2 Å². The molecule has 2 rings (SSSR count). The third kappa shape index (κ3) is 3.73. The summed E-state index contributed by atoms with van der Waals surface area (Å²) in [7, 11) is 0. The molecule has 0 aliphatic carbocycles. The van der Waals surface area contributed by atoms with Crippen molar-refractivity contribution >= 4 is 33.5 Å². The monoisotopic (exact) mass is 333 g/mol. The minimum atomic E-state index is -4.47. The Morgan fingerprint density at radius 3 is 2.50 bits per heavy atom. The van der Waals surface area contributed by atoms with E-state index >= 15 is 0 Å². The average Bonchev–Trinajstić information content (AvgIpc) is 2.77. The lowest BCUT2D eigenvalue weighted by Crippen LogP contribution is -2.20. The Morgan fingerprint density at radius 2 is 1.95 bits per heavy atom.